The molecular weight excluding hydrogens is 436 g/mol. The van der Waals surface area contributed by atoms with E-state index in [9.17, 15) is 4.79 Å². The molecule has 2 aromatic rings. The van der Waals surface area contributed by atoms with E-state index in [1.54, 1.807) is 0 Å². The Morgan fingerprint density at radius 3 is 2.30 bits per heavy atom. The van der Waals surface area contributed by atoms with E-state index in [1.807, 2.05) is 29.2 Å². The van der Waals surface area contributed by atoms with Gasteiger partial charge in [-0.1, -0.05) is 53.6 Å². The lowest BCUT2D eigenvalue weighted by Gasteiger charge is -2.38. The summed E-state index contributed by atoms with van der Waals surface area (Å²) in [6.45, 7) is 12.4. The summed E-state index contributed by atoms with van der Waals surface area (Å²) >= 11 is 6.14. The molecule has 6 nitrogen and oxygen atoms in total. The first-order valence-corrected chi connectivity index (χ1v) is 12.3. The van der Waals surface area contributed by atoms with Crippen molar-refractivity contribution < 1.29 is 9.53 Å². The van der Waals surface area contributed by atoms with Crippen molar-refractivity contribution in [1.82, 2.24) is 19.6 Å². The second-order valence-electron chi connectivity index (χ2n) is 9.04. The molecule has 178 valence electrons. The molecule has 33 heavy (non-hydrogen) atoms. The molecule has 2 aliphatic rings. The third-order valence-electron chi connectivity index (χ3n) is 6.54. The predicted octanol–water partition coefficient (Wildman–Crippen LogP) is 2.99. The van der Waals surface area contributed by atoms with Crippen molar-refractivity contribution in [3.63, 3.8) is 0 Å². The normalized spacial score (nSPS) is 18.4. The van der Waals surface area contributed by atoms with E-state index in [1.165, 1.54) is 11.1 Å². The highest BCUT2D eigenvalue weighted by Gasteiger charge is 2.24. The van der Waals surface area contributed by atoms with Gasteiger partial charge in [0.2, 0.25) is 5.91 Å². The summed E-state index contributed by atoms with van der Waals surface area (Å²) in [5, 5.41) is 0.650. The first-order chi connectivity index (χ1) is 16.1. The number of aryl methyl sites for hydroxylation is 1. The quantitative estimate of drug-likeness (QED) is 0.593. The molecule has 0 aliphatic carbocycles. The maximum Gasteiger partial charge on any atom is 0.236 e. The fourth-order valence-electron chi connectivity index (χ4n) is 4.53. The highest BCUT2D eigenvalue weighted by molar-refractivity contribution is 6.32. The first kappa shape index (κ1) is 24.0. The lowest BCUT2D eigenvalue weighted by Crippen LogP contribution is -2.53. The molecule has 0 N–H and O–H groups in total. The monoisotopic (exact) mass is 470 g/mol. The van der Waals surface area contributed by atoms with E-state index in [0.717, 1.165) is 71.2 Å². The molecule has 4 rings (SSSR count). The van der Waals surface area contributed by atoms with Gasteiger partial charge in [0.25, 0.3) is 0 Å². The Balaban J connectivity index is 1.12. The number of rotatable bonds is 8. The Labute approximate surface area is 202 Å². The Morgan fingerprint density at radius 1 is 0.879 bits per heavy atom. The van der Waals surface area contributed by atoms with Crippen LogP contribution in [0.25, 0.3) is 0 Å². The number of hydrogen-bond acceptors (Lipinski definition) is 5. The van der Waals surface area contributed by atoms with E-state index in [4.69, 9.17) is 16.3 Å². The molecule has 0 spiro atoms. The maximum atomic E-state index is 12.8. The van der Waals surface area contributed by atoms with Crippen molar-refractivity contribution in [2.45, 2.75) is 13.5 Å². The molecule has 0 atom stereocenters. The second-order valence-corrected chi connectivity index (χ2v) is 9.45. The molecule has 2 fully saturated rings. The summed E-state index contributed by atoms with van der Waals surface area (Å²) < 4.78 is 5.81. The van der Waals surface area contributed by atoms with Gasteiger partial charge < -0.3 is 9.64 Å². The van der Waals surface area contributed by atoms with Gasteiger partial charge in [0.1, 0.15) is 12.4 Å². The summed E-state index contributed by atoms with van der Waals surface area (Å²) in [5.41, 5.74) is 2.65. The van der Waals surface area contributed by atoms with Crippen molar-refractivity contribution >= 4 is 17.5 Å². The number of hydrogen-bond donors (Lipinski definition) is 0. The van der Waals surface area contributed by atoms with Crippen LogP contribution in [0.1, 0.15) is 11.1 Å². The van der Waals surface area contributed by atoms with Gasteiger partial charge in [0, 0.05) is 65.4 Å². The fourth-order valence-corrected chi connectivity index (χ4v) is 4.72. The molecule has 2 saturated heterocycles. The number of piperazine rings is 2. The van der Waals surface area contributed by atoms with Gasteiger partial charge in [0.05, 0.1) is 11.6 Å². The van der Waals surface area contributed by atoms with Crippen LogP contribution < -0.4 is 4.74 Å². The third kappa shape index (κ3) is 7.18. The molecule has 2 heterocycles. The number of halogens is 1. The van der Waals surface area contributed by atoms with Crippen LogP contribution in [0, 0.1) is 6.92 Å². The van der Waals surface area contributed by atoms with Crippen molar-refractivity contribution in [3.05, 3.63) is 64.7 Å². The Morgan fingerprint density at radius 2 is 1.58 bits per heavy atom. The number of benzene rings is 2. The smallest absolute Gasteiger partial charge is 0.236 e. The van der Waals surface area contributed by atoms with Crippen LogP contribution in [0.3, 0.4) is 0 Å². The minimum Gasteiger partial charge on any atom is -0.491 e. The minimum absolute atomic E-state index is 0.265. The first-order valence-electron chi connectivity index (χ1n) is 11.9. The van der Waals surface area contributed by atoms with E-state index < -0.39 is 0 Å². The minimum atomic E-state index is 0.265. The third-order valence-corrected chi connectivity index (χ3v) is 6.85. The zero-order chi connectivity index (χ0) is 23.0. The number of carbonyl (C=O) groups excluding carboxylic acids is 1. The van der Waals surface area contributed by atoms with E-state index in [2.05, 4.69) is 45.9 Å². The van der Waals surface area contributed by atoms with Crippen LogP contribution in [0.5, 0.6) is 5.75 Å². The molecule has 7 heteroatoms. The van der Waals surface area contributed by atoms with Crippen molar-refractivity contribution in [3.8, 4) is 5.75 Å². The fraction of sp³-hybridized carbons (Fsp3) is 0.500. The predicted molar refractivity (Wildman–Crippen MR) is 133 cm³/mol. The lowest BCUT2D eigenvalue weighted by atomic mass is 10.1. The molecule has 1 amide bonds. The zero-order valence-corrected chi connectivity index (χ0v) is 20.3. The van der Waals surface area contributed by atoms with Crippen LogP contribution in [0.2, 0.25) is 5.02 Å². The summed E-state index contributed by atoms with van der Waals surface area (Å²) in [6.07, 6.45) is 0. The van der Waals surface area contributed by atoms with Crippen molar-refractivity contribution in [1.29, 1.82) is 0 Å². The Bertz CT molecular complexity index is 909. The van der Waals surface area contributed by atoms with Gasteiger partial charge in [-0.15, -0.1) is 0 Å². The van der Waals surface area contributed by atoms with Crippen LogP contribution in [0.15, 0.2) is 48.5 Å². The Kier molecular flexibility index (Phi) is 8.62. The van der Waals surface area contributed by atoms with Crippen LogP contribution in [-0.4, -0.2) is 97.6 Å². The zero-order valence-electron chi connectivity index (χ0n) is 19.6. The summed E-state index contributed by atoms with van der Waals surface area (Å²) in [6, 6.07) is 16.3. The molecule has 0 saturated carbocycles. The molecule has 0 aromatic heterocycles. The Hall–Kier alpha value is -2.12. The van der Waals surface area contributed by atoms with Gasteiger partial charge in [0.15, 0.2) is 0 Å². The SMILES string of the molecule is Cc1cccc(CN2CCN(C(=O)CN3CCN(CCOc4ccccc4Cl)CC3)CC2)c1. The van der Waals surface area contributed by atoms with Crippen LogP contribution >= 0.6 is 11.6 Å². The second kappa shape index (κ2) is 11.8. The number of amides is 1. The lowest BCUT2D eigenvalue weighted by molar-refractivity contribution is -0.134. The highest BCUT2D eigenvalue weighted by Crippen LogP contribution is 2.23. The van der Waals surface area contributed by atoms with Crippen LogP contribution in [0.4, 0.5) is 0 Å². The summed E-state index contributed by atoms with van der Waals surface area (Å²) in [7, 11) is 0. The molecule has 2 aromatic carbocycles. The highest BCUT2D eigenvalue weighted by atomic mass is 35.5. The number of nitrogens with zero attached hydrogens (tertiary/aromatic N) is 4. The van der Waals surface area contributed by atoms with Crippen molar-refractivity contribution in [2.75, 3.05) is 72.1 Å². The van der Waals surface area contributed by atoms with E-state index in [0.29, 0.717) is 18.2 Å². The van der Waals surface area contributed by atoms with Gasteiger partial charge >= 0.3 is 0 Å². The topological polar surface area (TPSA) is 39.3 Å². The van der Waals surface area contributed by atoms with E-state index >= 15 is 0 Å². The molecule has 2 aliphatic heterocycles. The summed E-state index contributed by atoms with van der Waals surface area (Å²) in [5.74, 6) is 1.00. The molecule has 0 bridgehead atoms. The van der Waals surface area contributed by atoms with Crippen LogP contribution in [-0.2, 0) is 11.3 Å². The van der Waals surface area contributed by atoms with Gasteiger partial charge in [-0.25, -0.2) is 0 Å². The number of carbonyl (C=O) groups is 1. The largest absolute Gasteiger partial charge is 0.491 e. The van der Waals surface area contributed by atoms with E-state index in [-0.39, 0.29) is 5.91 Å². The summed E-state index contributed by atoms with van der Waals surface area (Å²) in [4.78, 5) is 22.0. The van der Waals surface area contributed by atoms with Gasteiger partial charge in [-0.05, 0) is 24.6 Å². The molecule has 0 radical (unpaired) electrons. The maximum absolute atomic E-state index is 12.8. The van der Waals surface area contributed by atoms with Gasteiger partial charge in [-0.2, -0.15) is 0 Å². The molecule has 0 unspecified atom stereocenters. The standard InChI is InChI=1S/C26H35ClN4O2/c1-22-5-4-6-23(19-22)20-29-13-15-31(16-14-29)26(32)21-30-11-9-28(10-12-30)17-18-33-25-8-3-2-7-24(25)27/h2-8,19H,9-18,20-21H2,1H3. The average molecular weight is 471 g/mol. The average Bonchev–Trinajstić information content (AvgIpc) is 2.82. The number of ether oxygens (including phenoxy) is 1. The molecular formula is C26H35ClN4O2. The number of para-hydroxylation sites is 1. The van der Waals surface area contributed by atoms with Gasteiger partial charge in [-0.3, -0.25) is 19.5 Å². The van der Waals surface area contributed by atoms with Crippen molar-refractivity contribution in [2.24, 2.45) is 0 Å².